The molecule has 0 aliphatic carbocycles. The van der Waals surface area contributed by atoms with Crippen LogP contribution in [0.4, 0.5) is 5.69 Å². The Labute approximate surface area is 166 Å². The molecule has 0 unspecified atom stereocenters. The maximum atomic E-state index is 12.9. The van der Waals surface area contributed by atoms with Gasteiger partial charge in [-0.2, -0.15) is 5.11 Å². The number of aromatic nitrogens is 2. The molecule has 2 aromatic carbocycles. The number of para-hydroxylation sites is 1. The summed E-state index contributed by atoms with van der Waals surface area (Å²) in [6.45, 7) is 4.91. The van der Waals surface area contributed by atoms with Crippen molar-refractivity contribution in [3.63, 3.8) is 0 Å². The van der Waals surface area contributed by atoms with Crippen molar-refractivity contribution in [1.82, 2.24) is 9.55 Å². The Kier molecular flexibility index (Phi) is 5.82. The maximum absolute atomic E-state index is 12.9. The Morgan fingerprint density at radius 1 is 1.17 bits per heavy atom. The highest BCUT2D eigenvalue weighted by Crippen LogP contribution is 2.19. The van der Waals surface area contributed by atoms with E-state index in [0.29, 0.717) is 28.1 Å². The normalized spacial score (nSPS) is 12.2. The lowest BCUT2D eigenvalue weighted by Crippen LogP contribution is -2.22. The van der Waals surface area contributed by atoms with E-state index in [1.165, 1.54) is 11.5 Å². The van der Waals surface area contributed by atoms with Crippen molar-refractivity contribution in [3.05, 3.63) is 76.2 Å². The average molecular weight is 392 g/mol. The summed E-state index contributed by atoms with van der Waals surface area (Å²) in [7, 11) is 0. The molecule has 0 fully saturated rings. The van der Waals surface area contributed by atoms with Crippen molar-refractivity contribution in [2.45, 2.75) is 20.8 Å². The Bertz CT molecular complexity index is 1170. The van der Waals surface area contributed by atoms with E-state index in [-0.39, 0.29) is 23.6 Å². The third-order valence-corrected chi connectivity index (χ3v) is 4.13. The number of aliphatic hydroxyl groups excluding tert-OH is 1. The van der Waals surface area contributed by atoms with Crippen LogP contribution in [-0.2, 0) is 9.53 Å². The van der Waals surface area contributed by atoms with Crippen LogP contribution in [0.15, 0.2) is 75.0 Å². The van der Waals surface area contributed by atoms with E-state index < -0.39 is 5.97 Å². The summed E-state index contributed by atoms with van der Waals surface area (Å²) >= 11 is 0. The molecule has 0 bridgehead atoms. The minimum absolute atomic E-state index is 0.160. The number of fused-ring (bicyclic) bond motifs is 1. The highest BCUT2D eigenvalue weighted by molar-refractivity contribution is 5.88. The summed E-state index contributed by atoms with van der Waals surface area (Å²) in [5.74, 6) is -0.475. The molecule has 29 heavy (non-hydrogen) atoms. The number of rotatable bonds is 5. The van der Waals surface area contributed by atoms with Crippen molar-refractivity contribution in [2.24, 2.45) is 10.2 Å². The zero-order valence-corrected chi connectivity index (χ0v) is 16.3. The summed E-state index contributed by atoms with van der Waals surface area (Å²) in [5, 5.41) is 17.9. The van der Waals surface area contributed by atoms with Gasteiger partial charge in [0.1, 0.15) is 11.6 Å². The fourth-order valence-corrected chi connectivity index (χ4v) is 2.78. The zero-order chi connectivity index (χ0) is 21.0. The van der Waals surface area contributed by atoms with Crippen LogP contribution in [0.5, 0.6) is 0 Å². The number of allylic oxidation sites excluding steroid dienone is 1. The van der Waals surface area contributed by atoms with Gasteiger partial charge in [0.15, 0.2) is 0 Å². The lowest BCUT2D eigenvalue weighted by molar-refractivity contribution is -0.138. The van der Waals surface area contributed by atoms with Crippen LogP contribution in [0.3, 0.4) is 0 Å². The molecular weight excluding hydrogens is 372 g/mol. The highest BCUT2D eigenvalue weighted by atomic mass is 16.5. The number of carbonyl (C=O) groups excluding carboxylic acids is 1. The van der Waals surface area contributed by atoms with Gasteiger partial charge >= 0.3 is 5.97 Å². The van der Waals surface area contributed by atoms with Gasteiger partial charge in [0, 0.05) is 0 Å². The van der Waals surface area contributed by atoms with Gasteiger partial charge in [-0.25, -0.2) is 9.78 Å². The lowest BCUT2D eigenvalue weighted by Gasteiger charge is -2.10. The number of nitrogens with zero attached hydrogens (tertiary/aromatic N) is 4. The molecular formula is C21H20N4O4. The van der Waals surface area contributed by atoms with Crippen molar-refractivity contribution >= 4 is 22.6 Å². The van der Waals surface area contributed by atoms with Crippen LogP contribution in [0.25, 0.3) is 16.6 Å². The smallest absolute Gasteiger partial charge is 0.362 e. The lowest BCUT2D eigenvalue weighted by atomic mass is 10.2. The van der Waals surface area contributed by atoms with Gasteiger partial charge in [0.25, 0.3) is 5.56 Å². The van der Waals surface area contributed by atoms with E-state index in [4.69, 9.17) is 4.74 Å². The SMILES string of the molecule is CCOC(=O)/C(N=Nc1ccc(-n2c(C)nc3ccccc3c2=O)cc1)=C(\C)O. The number of aryl methyl sites for hydroxylation is 1. The third-order valence-electron chi connectivity index (χ3n) is 4.13. The first-order valence-electron chi connectivity index (χ1n) is 9.00. The van der Waals surface area contributed by atoms with E-state index in [2.05, 4.69) is 15.2 Å². The Morgan fingerprint density at radius 3 is 2.52 bits per heavy atom. The molecule has 0 amide bonds. The molecule has 0 atom stereocenters. The number of azo groups is 1. The monoisotopic (exact) mass is 392 g/mol. The molecule has 1 aromatic heterocycles. The topological polar surface area (TPSA) is 106 Å². The fraction of sp³-hybridized carbons (Fsp3) is 0.190. The second-order valence-corrected chi connectivity index (χ2v) is 6.19. The van der Waals surface area contributed by atoms with Gasteiger partial charge in [-0.1, -0.05) is 12.1 Å². The molecule has 8 nitrogen and oxygen atoms in total. The summed E-state index contributed by atoms with van der Waals surface area (Å²) in [6, 6.07) is 13.9. The van der Waals surface area contributed by atoms with E-state index in [1.54, 1.807) is 56.3 Å². The molecule has 1 N–H and O–H groups in total. The standard InChI is InChI=1S/C21H20N4O4/c1-4-29-21(28)19(13(2)26)24-23-15-9-11-16(12-10-15)25-14(3)22-18-8-6-5-7-17(18)20(25)27/h5-12,26H,4H2,1-3H3/b19-13-,24-23?. The van der Waals surface area contributed by atoms with Gasteiger partial charge in [0.2, 0.25) is 5.70 Å². The molecule has 0 radical (unpaired) electrons. The summed E-state index contributed by atoms with van der Waals surface area (Å²) in [5.41, 5.74) is 1.29. The molecule has 0 saturated heterocycles. The highest BCUT2D eigenvalue weighted by Gasteiger charge is 2.14. The van der Waals surface area contributed by atoms with Crippen molar-refractivity contribution in [3.8, 4) is 5.69 Å². The molecule has 148 valence electrons. The molecule has 8 heteroatoms. The molecule has 1 heterocycles. The second-order valence-electron chi connectivity index (χ2n) is 6.19. The molecule has 0 saturated carbocycles. The molecule has 0 spiro atoms. The minimum atomic E-state index is -0.753. The molecule has 3 aromatic rings. The molecule has 3 rings (SSSR count). The second kappa shape index (κ2) is 8.47. The van der Waals surface area contributed by atoms with E-state index in [9.17, 15) is 14.7 Å². The Balaban J connectivity index is 1.94. The first-order chi connectivity index (χ1) is 13.9. The van der Waals surface area contributed by atoms with Gasteiger partial charge in [-0.15, -0.1) is 5.11 Å². The van der Waals surface area contributed by atoms with Crippen LogP contribution in [-0.4, -0.2) is 27.2 Å². The van der Waals surface area contributed by atoms with Crippen LogP contribution >= 0.6 is 0 Å². The van der Waals surface area contributed by atoms with Crippen LogP contribution in [0.1, 0.15) is 19.7 Å². The fourth-order valence-electron chi connectivity index (χ4n) is 2.78. The van der Waals surface area contributed by atoms with Crippen molar-refractivity contribution in [1.29, 1.82) is 0 Å². The largest absolute Gasteiger partial charge is 0.510 e. The number of carbonyl (C=O) groups is 1. The summed E-state index contributed by atoms with van der Waals surface area (Å²) in [6.07, 6.45) is 0. The third kappa shape index (κ3) is 4.21. The van der Waals surface area contributed by atoms with Gasteiger partial charge in [-0.05, 0) is 57.2 Å². The first kappa shape index (κ1) is 19.9. The van der Waals surface area contributed by atoms with E-state index in [1.807, 2.05) is 6.07 Å². The van der Waals surface area contributed by atoms with Crippen LogP contribution in [0.2, 0.25) is 0 Å². The van der Waals surface area contributed by atoms with Gasteiger partial charge in [-0.3, -0.25) is 9.36 Å². The van der Waals surface area contributed by atoms with Crippen molar-refractivity contribution < 1.29 is 14.6 Å². The van der Waals surface area contributed by atoms with Crippen LogP contribution in [0, 0.1) is 6.92 Å². The average Bonchev–Trinajstić information content (AvgIpc) is 2.69. The first-order valence-corrected chi connectivity index (χ1v) is 9.00. The molecule has 0 aliphatic heterocycles. The quantitative estimate of drug-likeness (QED) is 0.304. The van der Waals surface area contributed by atoms with Gasteiger partial charge < -0.3 is 9.84 Å². The van der Waals surface area contributed by atoms with E-state index in [0.717, 1.165) is 0 Å². The predicted octanol–water partition coefficient (Wildman–Crippen LogP) is 4.13. The maximum Gasteiger partial charge on any atom is 0.362 e. The number of benzene rings is 2. The summed E-state index contributed by atoms with van der Waals surface area (Å²) < 4.78 is 6.36. The minimum Gasteiger partial charge on any atom is -0.510 e. The van der Waals surface area contributed by atoms with Crippen molar-refractivity contribution in [2.75, 3.05) is 6.61 Å². The number of hydrogen-bond acceptors (Lipinski definition) is 7. The van der Waals surface area contributed by atoms with Crippen LogP contribution < -0.4 is 5.56 Å². The summed E-state index contributed by atoms with van der Waals surface area (Å²) in [4.78, 5) is 29.1. The Hall–Kier alpha value is -3.81. The predicted molar refractivity (Wildman–Crippen MR) is 109 cm³/mol. The zero-order valence-electron chi connectivity index (χ0n) is 16.3. The number of aliphatic hydroxyl groups is 1. The number of esters is 1. The number of hydrogen-bond donors (Lipinski definition) is 1. The Morgan fingerprint density at radius 2 is 1.86 bits per heavy atom. The van der Waals surface area contributed by atoms with Gasteiger partial charge in [0.05, 0.1) is 28.9 Å². The molecule has 0 aliphatic rings. The van der Waals surface area contributed by atoms with E-state index >= 15 is 0 Å². The number of ether oxygens (including phenoxy) is 1.